The van der Waals surface area contributed by atoms with Crippen LogP contribution in [0, 0.1) is 0 Å². The van der Waals surface area contributed by atoms with Crippen LogP contribution in [0.4, 0.5) is 0 Å². The maximum atomic E-state index is 12.1. The molecule has 0 bridgehead atoms. The van der Waals surface area contributed by atoms with Gasteiger partial charge in [-0.3, -0.25) is 4.79 Å². The second-order valence-corrected chi connectivity index (χ2v) is 6.07. The molecule has 0 unspecified atom stereocenters. The third-order valence-corrected chi connectivity index (χ3v) is 4.10. The topological polar surface area (TPSA) is 78.3 Å². The smallest absolute Gasteiger partial charge is 0.338 e. The summed E-state index contributed by atoms with van der Waals surface area (Å²) in [6, 6.07) is 7.35. The molecular weight excluding hydrogens is 324 g/mol. The normalized spacial score (nSPS) is 16.2. The van der Waals surface area contributed by atoms with Crippen molar-refractivity contribution in [1.29, 1.82) is 0 Å². The quantitative estimate of drug-likeness (QED) is 0.484. The molecule has 1 aliphatic heterocycles. The van der Waals surface area contributed by atoms with Crippen LogP contribution < -0.4 is 10.2 Å². The Morgan fingerprint density at radius 2 is 1.92 bits per heavy atom. The van der Waals surface area contributed by atoms with Gasteiger partial charge in [0.05, 0.1) is 25.4 Å². The molecular formula is C18H27N2O5+. The standard InChI is InChI=1S/C18H26N2O5/c1-14(17(21)19-7-10-23-2)25-18(22)16-5-3-15(4-6-16)13-20-8-11-24-12-9-20/h3-6,14H,7-13H2,1-2H3,(H,19,21)/p+1/t14-/m0/s1. The van der Waals surface area contributed by atoms with E-state index in [9.17, 15) is 9.59 Å². The van der Waals surface area contributed by atoms with Crippen LogP contribution in [-0.2, 0) is 25.5 Å². The van der Waals surface area contributed by atoms with Crippen molar-refractivity contribution >= 4 is 11.9 Å². The van der Waals surface area contributed by atoms with Crippen LogP contribution in [0.5, 0.6) is 0 Å². The number of rotatable bonds is 8. The van der Waals surface area contributed by atoms with Gasteiger partial charge in [-0.2, -0.15) is 0 Å². The van der Waals surface area contributed by atoms with Gasteiger partial charge in [-0.25, -0.2) is 4.79 Å². The van der Waals surface area contributed by atoms with Gasteiger partial charge in [-0.05, 0) is 19.1 Å². The minimum absolute atomic E-state index is 0.335. The summed E-state index contributed by atoms with van der Waals surface area (Å²) in [5.74, 6) is -0.836. The predicted molar refractivity (Wildman–Crippen MR) is 91.4 cm³/mol. The Hall–Kier alpha value is -1.96. The summed E-state index contributed by atoms with van der Waals surface area (Å²) in [6.07, 6.45) is -0.846. The van der Waals surface area contributed by atoms with Gasteiger partial charge in [0.15, 0.2) is 6.10 Å². The number of morpholine rings is 1. The van der Waals surface area contributed by atoms with E-state index in [0.717, 1.165) is 32.8 Å². The van der Waals surface area contributed by atoms with Crippen molar-refractivity contribution in [2.24, 2.45) is 0 Å². The number of carbonyl (C=O) groups excluding carboxylic acids is 2. The zero-order valence-corrected chi connectivity index (χ0v) is 14.9. The number of carbonyl (C=O) groups is 2. The lowest BCUT2D eigenvalue weighted by Gasteiger charge is -2.23. The minimum atomic E-state index is -0.846. The van der Waals surface area contributed by atoms with Crippen molar-refractivity contribution in [2.45, 2.75) is 19.6 Å². The van der Waals surface area contributed by atoms with E-state index >= 15 is 0 Å². The highest BCUT2D eigenvalue weighted by atomic mass is 16.5. The third-order valence-electron chi connectivity index (χ3n) is 4.10. The first-order valence-electron chi connectivity index (χ1n) is 8.58. The predicted octanol–water partition coefficient (Wildman–Crippen LogP) is -0.590. The van der Waals surface area contributed by atoms with E-state index in [2.05, 4.69) is 5.32 Å². The summed E-state index contributed by atoms with van der Waals surface area (Å²) in [7, 11) is 1.56. The maximum Gasteiger partial charge on any atom is 0.338 e. The van der Waals surface area contributed by atoms with E-state index < -0.39 is 12.1 Å². The van der Waals surface area contributed by atoms with Crippen LogP contribution in [0.2, 0.25) is 0 Å². The van der Waals surface area contributed by atoms with Crippen LogP contribution in [0.3, 0.4) is 0 Å². The van der Waals surface area contributed by atoms with Crippen LogP contribution in [0.1, 0.15) is 22.8 Å². The van der Waals surface area contributed by atoms with Crippen molar-refractivity contribution < 1.29 is 28.7 Å². The number of methoxy groups -OCH3 is 1. The molecule has 7 nitrogen and oxygen atoms in total. The summed E-state index contributed by atoms with van der Waals surface area (Å²) in [5.41, 5.74) is 1.61. The molecule has 1 aromatic carbocycles. The van der Waals surface area contributed by atoms with Crippen molar-refractivity contribution in [3.8, 4) is 0 Å². The Bertz CT molecular complexity index is 555. The Labute approximate surface area is 148 Å². The second-order valence-electron chi connectivity index (χ2n) is 6.07. The molecule has 1 aromatic rings. The largest absolute Gasteiger partial charge is 0.449 e. The van der Waals surface area contributed by atoms with E-state index in [-0.39, 0.29) is 5.91 Å². The first-order valence-corrected chi connectivity index (χ1v) is 8.58. The van der Waals surface area contributed by atoms with Crippen LogP contribution in [0.15, 0.2) is 24.3 Å². The van der Waals surface area contributed by atoms with Crippen molar-refractivity contribution in [1.82, 2.24) is 5.32 Å². The highest BCUT2D eigenvalue weighted by Gasteiger charge is 2.19. The lowest BCUT2D eigenvalue weighted by molar-refractivity contribution is -0.921. The Balaban J connectivity index is 1.81. The number of amides is 1. The number of benzene rings is 1. The minimum Gasteiger partial charge on any atom is -0.449 e. The Morgan fingerprint density at radius 1 is 1.24 bits per heavy atom. The molecule has 2 rings (SSSR count). The monoisotopic (exact) mass is 351 g/mol. The third kappa shape index (κ3) is 6.45. The number of ether oxygens (including phenoxy) is 3. The van der Waals surface area contributed by atoms with Crippen molar-refractivity contribution in [3.05, 3.63) is 35.4 Å². The Morgan fingerprint density at radius 3 is 2.56 bits per heavy atom. The van der Waals surface area contributed by atoms with Crippen molar-refractivity contribution in [3.63, 3.8) is 0 Å². The van der Waals surface area contributed by atoms with E-state index in [1.54, 1.807) is 26.2 Å². The number of hydrogen-bond acceptors (Lipinski definition) is 5. The molecule has 1 fully saturated rings. The summed E-state index contributed by atoms with van der Waals surface area (Å²) < 4.78 is 15.4. The highest BCUT2D eigenvalue weighted by molar-refractivity contribution is 5.92. The van der Waals surface area contributed by atoms with E-state index in [4.69, 9.17) is 14.2 Å². The molecule has 1 heterocycles. The average Bonchev–Trinajstić information content (AvgIpc) is 2.63. The van der Waals surface area contributed by atoms with Crippen LogP contribution >= 0.6 is 0 Å². The van der Waals surface area contributed by atoms with Crippen LogP contribution in [-0.4, -0.2) is 64.5 Å². The summed E-state index contributed by atoms with van der Waals surface area (Å²) in [6.45, 7) is 6.86. The van der Waals surface area contributed by atoms with Crippen LogP contribution in [0.25, 0.3) is 0 Å². The Kier molecular flexibility index (Phi) is 7.84. The number of hydrogen-bond donors (Lipinski definition) is 2. The molecule has 0 aromatic heterocycles. The number of nitrogens with one attached hydrogen (secondary N) is 2. The van der Waals surface area contributed by atoms with Gasteiger partial charge in [0.25, 0.3) is 5.91 Å². The highest BCUT2D eigenvalue weighted by Crippen LogP contribution is 2.07. The summed E-state index contributed by atoms with van der Waals surface area (Å²) >= 11 is 0. The van der Waals surface area contributed by atoms with Gasteiger partial charge in [-0.15, -0.1) is 0 Å². The molecule has 7 heteroatoms. The first kappa shape index (κ1) is 19.4. The molecule has 0 radical (unpaired) electrons. The fourth-order valence-corrected chi connectivity index (χ4v) is 2.59. The van der Waals surface area contributed by atoms with E-state index in [1.807, 2.05) is 12.1 Å². The van der Waals surface area contributed by atoms with Gasteiger partial charge < -0.3 is 24.4 Å². The van der Waals surface area contributed by atoms with Gasteiger partial charge in [0, 0.05) is 19.2 Å². The summed E-state index contributed by atoms with van der Waals surface area (Å²) in [5, 5.41) is 2.64. The molecule has 1 atom stereocenters. The molecule has 1 amide bonds. The SMILES string of the molecule is COCCNC(=O)[C@H](C)OC(=O)c1ccc(C[NH+]2CCOCC2)cc1. The fourth-order valence-electron chi connectivity index (χ4n) is 2.59. The maximum absolute atomic E-state index is 12.1. The molecule has 25 heavy (non-hydrogen) atoms. The molecule has 0 saturated carbocycles. The first-order chi connectivity index (χ1) is 12.1. The molecule has 138 valence electrons. The number of esters is 1. The van der Waals surface area contributed by atoms with Gasteiger partial charge >= 0.3 is 5.97 Å². The van der Waals surface area contributed by atoms with E-state index in [1.165, 1.54) is 10.5 Å². The lowest BCUT2D eigenvalue weighted by atomic mass is 10.1. The molecule has 1 saturated heterocycles. The fraction of sp³-hybridized carbons (Fsp3) is 0.556. The molecule has 2 N–H and O–H groups in total. The zero-order valence-electron chi connectivity index (χ0n) is 14.9. The average molecular weight is 351 g/mol. The zero-order chi connectivity index (χ0) is 18.1. The molecule has 0 spiro atoms. The van der Waals surface area contributed by atoms with Gasteiger partial charge in [0.1, 0.15) is 19.6 Å². The lowest BCUT2D eigenvalue weighted by Crippen LogP contribution is -3.12. The summed E-state index contributed by atoms with van der Waals surface area (Å²) in [4.78, 5) is 25.4. The van der Waals surface area contributed by atoms with E-state index in [0.29, 0.717) is 18.7 Å². The number of quaternary nitrogens is 1. The molecule has 1 aliphatic rings. The second kappa shape index (κ2) is 10.1. The van der Waals surface area contributed by atoms with Crippen molar-refractivity contribution in [2.75, 3.05) is 46.6 Å². The molecule has 0 aliphatic carbocycles. The van der Waals surface area contributed by atoms with Gasteiger partial charge in [-0.1, -0.05) is 12.1 Å². The van der Waals surface area contributed by atoms with Gasteiger partial charge in [0.2, 0.25) is 0 Å².